The molecule has 1 aliphatic rings. The highest BCUT2D eigenvalue weighted by Crippen LogP contribution is 2.14. The van der Waals surface area contributed by atoms with Crippen LogP contribution >= 0.6 is 0 Å². The molecule has 3 aromatic carbocycles. The number of phenols is 1. The number of aliphatic hydroxyl groups is 1. The maximum absolute atomic E-state index is 14.3. The molecule has 2 unspecified atom stereocenters. The Hall–Kier alpha value is -6.33. The van der Waals surface area contributed by atoms with Crippen LogP contribution in [-0.2, 0) is 52.8 Å². The highest BCUT2D eigenvalue weighted by atomic mass is 16.3. The fourth-order valence-corrected chi connectivity index (χ4v) is 6.83. The van der Waals surface area contributed by atoms with Crippen LogP contribution in [0, 0.1) is 11.8 Å². The van der Waals surface area contributed by atoms with Crippen molar-refractivity contribution in [3.8, 4) is 5.75 Å². The van der Waals surface area contributed by atoms with Gasteiger partial charge in [0.2, 0.25) is 41.4 Å². The third kappa shape index (κ3) is 14.1. The van der Waals surface area contributed by atoms with E-state index in [1.54, 1.807) is 58.0 Å². The second-order valence-electron chi connectivity index (χ2n) is 16.1. The first-order valence-corrected chi connectivity index (χ1v) is 20.9. The summed E-state index contributed by atoms with van der Waals surface area (Å²) < 4.78 is 0. The van der Waals surface area contributed by atoms with Crippen molar-refractivity contribution in [2.75, 3.05) is 6.54 Å². The molecule has 0 spiro atoms. The molecule has 1 heterocycles. The van der Waals surface area contributed by atoms with Crippen molar-refractivity contribution in [3.63, 3.8) is 0 Å². The van der Waals surface area contributed by atoms with Crippen molar-refractivity contribution in [2.24, 2.45) is 17.6 Å². The zero-order valence-electron chi connectivity index (χ0n) is 35.7. The normalized spacial score (nSPS) is 22.4. The number of nitrogens with one attached hydrogen (secondary N) is 7. The first-order chi connectivity index (χ1) is 29.5. The van der Waals surface area contributed by atoms with Crippen LogP contribution in [0.4, 0.5) is 0 Å². The lowest BCUT2D eigenvalue weighted by molar-refractivity contribution is -0.138. The van der Waals surface area contributed by atoms with Gasteiger partial charge in [-0.25, -0.2) is 0 Å². The first kappa shape index (κ1) is 48.3. The van der Waals surface area contributed by atoms with Crippen LogP contribution in [0.1, 0.15) is 57.7 Å². The number of rotatable bonds is 14. The zero-order valence-corrected chi connectivity index (χ0v) is 35.7. The molecule has 17 heteroatoms. The van der Waals surface area contributed by atoms with Gasteiger partial charge in [0.05, 0.1) is 12.1 Å². The van der Waals surface area contributed by atoms with E-state index in [1.807, 2.05) is 30.3 Å². The van der Waals surface area contributed by atoms with Crippen molar-refractivity contribution >= 4 is 41.4 Å². The van der Waals surface area contributed by atoms with Crippen LogP contribution in [0.3, 0.4) is 0 Å². The smallest absolute Gasteiger partial charge is 0.245 e. The van der Waals surface area contributed by atoms with Crippen molar-refractivity contribution in [1.82, 2.24) is 37.2 Å². The summed E-state index contributed by atoms with van der Waals surface area (Å²) in [7, 11) is 0. The van der Waals surface area contributed by atoms with Gasteiger partial charge in [0, 0.05) is 19.4 Å². The molecule has 9 atom stereocenters. The van der Waals surface area contributed by atoms with Crippen molar-refractivity contribution in [1.29, 1.82) is 0 Å². The third-order valence-corrected chi connectivity index (χ3v) is 10.8. The minimum atomic E-state index is -1.58. The number of aromatic hydroxyl groups is 1. The van der Waals surface area contributed by atoms with E-state index in [0.29, 0.717) is 17.5 Å². The fraction of sp³-hybridized carbons (Fsp3) is 0.444. The van der Waals surface area contributed by atoms with Gasteiger partial charge < -0.3 is 53.2 Å². The van der Waals surface area contributed by atoms with Crippen LogP contribution in [0.2, 0.25) is 0 Å². The summed E-state index contributed by atoms with van der Waals surface area (Å²) in [4.78, 5) is 97.7. The largest absolute Gasteiger partial charge is 0.508 e. The number of carbonyl (C=O) groups is 7. The Morgan fingerprint density at radius 2 is 1.19 bits per heavy atom. The predicted octanol–water partition coefficient (Wildman–Crippen LogP) is -0.131. The molecule has 4 rings (SSSR count). The number of phenolic OH excluding ortho intramolecular Hbond substituents is 1. The van der Waals surface area contributed by atoms with Crippen LogP contribution in [-0.4, -0.2) is 107 Å². The topological polar surface area (TPSA) is 270 Å². The lowest BCUT2D eigenvalue weighted by Crippen LogP contribution is -2.64. The Balaban J connectivity index is 1.72. The van der Waals surface area contributed by atoms with Gasteiger partial charge in [-0.3, -0.25) is 33.6 Å². The molecular weight excluding hydrogens is 797 g/mol. The minimum absolute atomic E-state index is 0.0321. The molecule has 334 valence electrons. The van der Waals surface area contributed by atoms with Gasteiger partial charge in [-0.05, 0) is 54.0 Å². The molecule has 0 aromatic heterocycles. The third-order valence-electron chi connectivity index (χ3n) is 10.8. The summed E-state index contributed by atoms with van der Waals surface area (Å²) >= 11 is 0. The number of nitrogens with two attached hydrogens (primary N) is 1. The minimum Gasteiger partial charge on any atom is -0.508 e. The number of aliphatic hydroxyl groups excluding tert-OH is 1. The van der Waals surface area contributed by atoms with E-state index in [2.05, 4.69) is 37.2 Å². The van der Waals surface area contributed by atoms with E-state index in [9.17, 15) is 43.8 Å². The summed E-state index contributed by atoms with van der Waals surface area (Å²) in [6, 6.07) is 14.5. The van der Waals surface area contributed by atoms with E-state index >= 15 is 0 Å². The SMILES string of the molecule is CC[C@H](C)[C@@H]1NC(=O)[C@H](NC(=O)[C@@H](NC(=O)[C@@H](N)Cc2ccccc2)C(C)C)CNC(=O)[C@H](Cc2ccc(O)cc2)NC(=O)C([C@@H](C)O)NC(=O)C(Cc2ccccc2)NC1=O. The monoisotopic (exact) mass is 856 g/mol. The second-order valence-corrected chi connectivity index (χ2v) is 16.1. The van der Waals surface area contributed by atoms with Gasteiger partial charge in [0.15, 0.2) is 0 Å². The second kappa shape index (κ2) is 23.0. The summed E-state index contributed by atoms with van der Waals surface area (Å²) in [6.07, 6.45) is -1.03. The molecule has 62 heavy (non-hydrogen) atoms. The van der Waals surface area contributed by atoms with E-state index in [-0.39, 0.29) is 25.0 Å². The van der Waals surface area contributed by atoms with Crippen molar-refractivity contribution in [3.05, 3.63) is 102 Å². The lowest BCUT2D eigenvalue weighted by atomic mass is 9.96. The van der Waals surface area contributed by atoms with Crippen LogP contribution in [0.25, 0.3) is 0 Å². The summed E-state index contributed by atoms with van der Waals surface area (Å²) in [5, 5.41) is 39.2. The predicted molar refractivity (Wildman–Crippen MR) is 231 cm³/mol. The van der Waals surface area contributed by atoms with Crippen molar-refractivity contribution in [2.45, 2.75) is 109 Å². The van der Waals surface area contributed by atoms with Gasteiger partial charge in [0.25, 0.3) is 0 Å². The lowest BCUT2D eigenvalue weighted by Gasteiger charge is -2.31. The molecule has 11 N–H and O–H groups in total. The zero-order chi connectivity index (χ0) is 45.5. The molecule has 0 aliphatic carbocycles. The standard InChI is InChI=1S/C45H60N8O9/c1-6-26(4)37-44(61)49-34(22-29-15-11-8-12-16-29)41(58)53-38(27(5)54)45(62)48-33(23-30-17-19-31(55)20-18-30)40(57)47-24-35(42(59)52-37)50-43(60)36(25(2)3)51-39(56)32(46)21-28-13-9-7-10-14-28/h7-20,25-27,32-38,54-55H,6,21-24,46H2,1-5H3,(H,47,57)(H,48,62)(H,49,61)(H,50,60)(H,51,56)(H,52,59)(H,53,58)/t26-,27+,32-,33-,34?,35+,36-,37-,38?/m0/s1. The van der Waals surface area contributed by atoms with Gasteiger partial charge in [-0.15, -0.1) is 0 Å². The van der Waals surface area contributed by atoms with Gasteiger partial charge in [-0.2, -0.15) is 0 Å². The highest BCUT2D eigenvalue weighted by molar-refractivity contribution is 5.98. The Labute approximate surface area is 361 Å². The van der Waals surface area contributed by atoms with Crippen LogP contribution in [0.5, 0.6) is 5.75 Å². The number of hydrogen-bond donors (Lipinski definition) is 10. The quantitative estimate of drug-likeness (QED) is 0.103. The van der Waals surface area contributed by atoms with Gasteiger partial charge >= 0.3 is 0 Å². The molecule has 1 saturated heterocycles. The Morgan fingerprint density at radius 1 is 0.677 bits per heavy atom. The molecular formula is C45H60N8O9. The number of amides is 7. The molecule has 0 radical (unpaired) electrons. The van der Waals surface area contributed by atoms with E-state index in [4.69, 9.17) is 5.73 Å². The van der Waals surface area contributed by atoms with Crippen LogP contribution in [0.15, 0.2) is 84.9 Å². The maximum atomic E-state index is 14.3. The van der Waals surface area contributed by atoms with Crippen LogP contribution < -0.4 is 43.0 Å². The summed E-state index contributed by atoms with van der Waals surface area (Å²) in [5.41, 5.74) is 8.21. The Kier molecular flexibility index (Phi) is 18.0. The molecule has 0 saturated carbocycles. The van der Waals surface area contributed by atoms with Gasteiger partial charge in [-0.1, -0.05) is 107 Å². The molecule has 17 nitrogen and oxygen atoms in total. The summed E-state index contributed by atoms with van der Waals surface area (Å²) in [6.45, 7) is 7.65. The molecule has 3 aromatic rings. The van der Waals surface area contributed by atoms with E-state index in [1.165, 1.54) is 31.2 Å². The van der Waals surface area contributed by atoms with E-state index < -0.39 is 108 Å². The highest BCUT2D eigenvalue weighted by Gasteiger charge is 2.37. The van der Waals surface area contributed by atoms with E-state index in [0.717, 1.165) is 5.56 Å². The molecule has 0 bridgehead atoms. The molecule has 7 amide bonds. The fourth-order valence-electron chi connectivity index (χ4n) is 6.83. The maximum Gasteiger partial charge on any atom is 0.245 e. The number of carbonyl (C=O) groups excluding carboxylic acids is 7. The van der Waals surface area contributed by atoms with Gasteiger partial charge in [0.1, 0.15) is 42.0 Å². The molecule has 1 fully saturated rings. The number of hydrogen-bond acceptors (Lipinski definition) is 10. The Morgan fingerprint density at radius 3 is 1.74 bits per heavy atom. The average molecular weight is 857 g/mol. The number of benzene rings is 3. The molecule has 1 aliphatic heterocycles. The average Bonchev–Trinajstić information content (AvgIpc) is 3.24. The first-order valence-electron chi connectivity index (χ1n) is 20.9. The summed E-state index contributed by atoms with van der Waals surface area (Å²) in [5.74, 6) is -6.58. The van der Waals surface area contributed by atoms with Crippen molar-refractivity contribution < 1.29 is 43.8 Å². The Bertz CT molecular complexity index is 2000.